The third-order valence-electron chi connectivity index (χ3n) is 2.84. The van der Waals surface area contributed by atoms with E-state index in [1.165, 1.54) is 17.1 Å². The predicted octanol–water partition coefficient (Wildman–Crippen LogP) is 1.59. The molecule has 0 bridgehead atoms. The molecule has 0 aromatic carbocycles. The zero-order valence-corrected chi connectivity index (χ0v) is 9.20. The first kappa shape index (κ1) is 11.0. The number of nitrogens with zero attached hydrogens (tertiary/aromatic N) is 1. The van der Waals surface area contributed by atoms with E-state index in [0.29, 0.717) is 12.5 Å². The summed E-state index contributed by atoms with van der Waals surface area (Å²) in [6, 6.07) is 0. The van der Waals surface area contributed by atoms with Crippen molar-refractivity contribution < 1.29 is 9.59 Å². The monoisotopic (exact) mass is 195 g/mol. The van der Waals surface area contributed by atoms with E-state index in [1.54, 1.807) is 0 Å². The molecular formula is C11H17NO2. The molecule has 1 rings (SSSR count). The Morgan fingerprint density at radius 2 is 1.64 bits per heavy atom. The van der Waals surface area contributed by atoms with E-state index in [4.69, 9.17) is 0 Å². The molecule has 0 spiro atoms. The minimum absolute atomic E-state index is 0.114. The van der Waals surface area contributed by atoms with Crippen LogP contribution in [0.25, 0.3) is 0 Å². The maximum Gasteiger partial charge on any atom is 0.253 e. The lowest BCUT2D eigenvalue weighted by Crippen LogP contribution is -2.37. The normalized spacial score (nSPS) is 19.3. The molecule has 0 saturated heterocycles. The van der Waals surface area contributed by atoms with E-state index < -0.39 is 0 Å². The molecule has 3 heteroatoms. The average molecular weight is 195 g/mol. The zero-order valence-electron chi connectivity index (χ0n) is 9.20. The van der Waals surface area contributed by atoms with Crippen LogP contribution < -0.4 is 0 Å². The molecule has 1 heterocycles. The molecule has 0 aromatic rings. The largest absolute Gasteiger partial charge is 0.275 e. The molecule has 2 amide bonds. The Morgan fingerprint density at radius 3 is 2.00 bits per heavy atom. The minimum Gasteiger partial charge on any atom is -0.275 e. The highest BCUT2D eigenvalue weighted by Crippen LogP contribution is 2.26. The number of carbonyl (C=O) groups excluding carboxylic acids is 2. The number of imide groups is 1. The zero-order chi connectivity index (χ0) is 10.9. The Balaban J connectivity index is 2.62. The first-order chi connectivity index (χ1) is 6.32. The van der Waals surface area contributed by atoms with Gasteiger partial charge in [-0.15, -0.1) is 0 Å². The second-order valence-corrected chi connectivity index (χ2v) is 4.89. The predicted molar refractivity (Wildman–Crippen MR) is 54.5 cm³/mol. The number of amides is 2. The van der Waals surface area contributed by atoms with Crippen molar-refractivity contribution in [2.24, 2.45) is 11.3 Å². The number of rotatable bonds is 2. The Bertz CT molecular complexity index is 268. The number of hydrogen-bond acceptors (Lipinski definition) is 2. The molecular weight excluding hydrogens is 178 g/mol. The maximum atomic E-state index is 11.3. The molecule has 0 aliphatic carbocycles. The van der Waals surface area contributed by atoms with E-state index in [9.17, 15) is 9.59 Å². The highest BCUT2D eigenvalue weighted by molar-refractivity contribution is 6.12. The quantitative estimate of drug-likeness (QED) is 0.627. The van der Waals surface area contributed by atoms with Gasteiger partial charge in [0.2, 0.25) is 0 Å². The molecule has 3 nitrogen and oxygen atoms in total. The van der Waals surface area contributed by atoms with Gasteiger partial charge in [-0.1, -0.05) is 27.7 Å². The number of carbonyl (C=O) groups is 2. The molecule has 0 radical (unpaired) electrons. The van der Waals surface area contributed by atoms with Gasteiger partial charge in [0.05, 0.1) is 0 Å². The van der Waals surface area contributed by atoms with Gasteiger partial charge in [0.25, 0.3) is 11.8 Å². The summed E-state index contributed by atoms with van der Waals surface area (Å²) < 4.78 is 0. The van der Waals surface area contributed by atoms with Crippen LogP contribution in [0, 0.1) is 11.3 Å². The van der Waals surface area contributed by atoms with Crippen LogP contribution in [0.4, 0.5) is 0 Å². The van der Waals surface area contributed by atoms with Gasteiger partial charge >= 0.3 is 0 Å². The van der Waals surface area contributed by atoms with E-state index >= 15 is 0 Å². The summed E-state index contributed by atoms with van der Waals surface area (Å²) in [5, 5.41) is 0. The summed E-state index contributed by atoms with van der Waals surface area (Å²) in [7, 11) is 0. The van der Waals surface area contributed by atoms with Gasteiger partial charge in [0.1, 0.15) is 0 Å². The Kier molecular flexibility index (Phi) is 2.79. The molecule has 0 N–H and O–H groups in total. The molecule has 1 aliphatic heterocycles. The van der Waals surface area contributed by atoms with Crippen LogP contribution in [0.2, 0.25) is 0 Å². The second-order valence-electron chi connectivity index (χ2n) is 4.89. The van der Waals surface area contributed by atoms with Crippen molar-refractivity contribution in [3.63, 3.8) is 0 Å². The summed E-state index contributed by atoms with van der Waals surface area (Å²) in [5.74, 6) is -0.0764. The highest BCUT2D eigenvalue weighted by atomic mass is 16.2. The second kappa shape index (κ2) is 3.56. The summed E-state index contributed by atoms with van der Waals surface area (Å²) in [4.78, 5) is 23.8. The SMILES string of the molecule is CC(CN1C(=O)C=CC1=O)C(C)(C)C. The highest BCUT2D eigenvalue weighted by Gasteiger charge is 2.29. The average Bonchev–Trinajstić information content (AvgIpc) is 2.34. The van der Waals surface area contributed by atoms with Gasteiger partial charge in [0.15, 0.2) is 0 Å². The Hall–Kier alpha value is -1.12. The minimum atomic E-state index is -0.189. The lowest BCUT2D eigenvalue weighted by Gasteiger charge is -2.30. The van der Waals surface area contributed by atoms with E-state index in [1.807, 2.05) is 0 Å². The van der Waals surface area contributed by atoms with Crippen molar-refractivity contribution in [1.82, 2.24) is 4.90 Å². The van der Waals surface area contributed by atoms with Crippen molar-refractivity contribution in [2.45, 2.75) is 27.7 Å². The molecule has 1 unspecified atom stereocenters. The van der Waals surface area contributed by atoms with E-state index in [0.717, 1.165) is 0 Å². The van der Waals surface area contributed by atoms with Crippen molar-refractivity contribution in [3.05, 3.63) is 12.2 Å². The fourth-order valence-corrected chi connectivity index (χ4v) is 1.16. The van der Waals surface area contributed by atoms with E-state index in [-0.39, 0.29) is 17.2 Å². The molecule has 1 aliphatic rings. The summed E-state index contributed by atoms with van der Waals surface area (Å²) in [6.45, 7) is 8.88. The third-order valence-corrected chi connectivity index (χ3v) is 2.84. The third kappa shape index (κ3) is 2.22. The first-order valence-electron chi connectivity index (χ1n) is 4.86. The smallest absolute Gasteiger partial charge is 0.253 e. The van der Waals surface area contributed by atoms with Crippen molar-refractivity contribution in [2.75, 3.05) is 6.54 Å². The topological polar surface area (TPSA) is 37.4 Å². The molecule has 0 aromatic heterocycles. The van der Waals surface area contributed by atoms with Gasteiger partial charge in [-0.3, -0.25) is 14.5 Å². The summed E-state index contributed by atoms with van der Waals surface area (Å²) >= 11 is 0. The van der Waals surface area contributed by atoms with Gasteiger partial charge in [-0.25, -0.2) is 0 Å². The Labute approximate surface area is 84.8 Å². The van der Waals surface area contributed by atoms with Crippen LogP contribution in [0.3, 0.4) is 0 Å². The molecule has 0 fully saturated rings. The molecule has 78 valence electrons. The van der Waals surface area contributed by atoms with Crippen LogP contribution in [-0.4, -0.2) is 23.3 Å². The molecule has 14 heavy (non-hydrogen) atoms. The van der Waals surface area contributed by atoms with Crippen LogP contribution in [-0.2, 0) is 9.59 Å². The van der Waals surface area contributed by atoms with Crippen molar-refractivity contribution in [3.8, 4) is 0 Å². The fraction of sp³-hybridized carbons (Fsp3) is 0.636. The lowest BCUT2D eigenvalue weighted by molar-refractivity contribution is -0.137. The first-order valence-corrected chi connectivity index (χ1v) is 4.86. The molecule has 0 saturated carbocycles. The van der Waals surface area contributed by atoms with Crippen LogP contribution in [0.5, 0.6) is 0 Å². The van der Waals surface area contributed by atoms with Crippen molar-refractivity contribution in [1.29, 1.82) is 0 Å². The lowest BCUT2D eigenvalue weighted by atomic mass is 9.82. The van der Waals surface area contributed by atoms with Gasteiger partial charge in [0, 0.05) is 18.7 Å². The Morgan fingerprint density at radius 1 is 1.21 bits per heavy atom. The van der Waals surface area contributed by atoms with Crippen LogP contribution in [0.15, 0.2) is 12.2 Å². The van der Waals surface area contributed by atoms with Crippen molar-refractivity contribution >= 4 is 11.8 Å². The van der Waals surface area contributed by atoms with Gasteiger partial charge in [-0.2, -0.15) is 0 Å². The van der Waals surface area contributed by atoms with E-state index in [2.05, 4.69) is 27.7 Å². The summed E-state index contributed by atoms with van der Waals surface area (Å²) in [5.41, 5.74) is 0.114. The van der Waals surface area contributed by atoms with Crippen LogP contribution >= 0.6 is 0 Å². The van der Waals surface area contributed by atoms with Gasteiger partial charge < -0.3 is 0 Å². The van der Waals surface area contributed by atoms with Crippen LogP contribution in [0.1, 0.15) is 27.7 Å². The maximum absolute atomic E-state index is 11.3. The number of hydrogen-bond donors (Lipinski definition) is 0. The van der Waals surface area contributed by atoms with Gasteiger partial charge in [-0.05, 0) is 11.3 Å². The summed E-state index contributed by atoms with van der Waals surface area (Å²) in [6.07, 6.45) is 2.66. The molecule has 1 atom stereocenters. The standard InChI is InChI=1S/C11H17NO2/c1-8(11(2,3)4)7-12-9(13)5-6-10(12)14/h5-6,8H,7H2,1-4H3. The fourth-order valence-electron chi connectivity index (χ4n) is 1.16.